The molecule has 0 aromatic heterocycles. The van der Waals surface area contributed by atoms with Crippen LogP contribution in [0, 0.1) is 0 Å². The van der Waals surface area contributed by atoms with E-state index in [1.165, 1.54) is 70.6 Å². The molecule has 3 heteroatoms. The number of ether oxygens (including phenoxy) is 2. The van der Waals surface area contributed by atoms with Crippen LogP contribution in [0.25, 0.3) is 0 Å². The minimum absolute atomic E-state index is 0.449. The first-order valence-electron chi connectivity index (χ1n) is 11.7. The number of hydrogen-bond acceptors (Lipinski definition) is 3. The third-order valence-corrected chi connectivity index (χ3v) is 5.93. The summed E-state index contributed by atoms with van der Waals surface area (Å²) in [5.41, 5.74) is 2.22. The number of nitrogens with zero attached hydrogens (tertiary/aromatic N) is 1. The summed E-state index contributed by atoms with van der Waals surface area (Å²) in [6, 6.07) is 16.7. The molecule has 1 fully saturated rings. The topological polar surface area (TPSA) is 30.8 Å². The van der Waals surface area contributed by atoms with Crippen molar-refractivity contribution in [1.29, 1.82) is 0 Å². The first-order valence-corrected chi connectivity index (χ1v) is 11.7. The smallest absolute Gasteiger partial charge is 0.161 e. The molecule has 0 spiro atoms. The first-order chi connectivity index (χ1) is 14.8. The maximum Gasteiger partial charge on any atom is 0.161 e. The van der Waals surface area contributed by atoms with Crippen molar-refractivity contribution in [3.8, 4) is 11.5 Å². The van der Waals surface area contributed by atoms with Crippen LogP contribution in [0.4, 0.5) is 0 Å². The maximum absolute atomic E-state index is 5.97. The number of rotatable bonds is 6. The highest BCUT2D eigenvalue weighted by atomic mass is 16.5. The van der Waals surface area contributed by atoms with Gasteiger partial charge in [-0.25, -0.2) is 0 Å². The standard InChI is InChI=1S/C27H37NO2/c1-29-27-20-24(18-19-26(27)30-22-23-14-10-9-11-15-23)21-28-25-16-12-7-5-3-2-4-6-8-13-17-25/h9-11,14-15,18-21,25H,2-8,12-13,16-17,22H2,1H3. The molecule has 162 valence electrons. The van der Waals surface area contributed by atoms with Crippen molar-refractivity contribution in [2.75, 3.05) is 7.11 Å². The molecular weight excluding hydrogens is 370 g/mol. The molecule has 3 rings (SSSR count). The molecule has 0 unspecified atom stereocenters. The molecule has 0 bridgehead atoms. The first kappa shape index (κ1) is 22.4. The minimum atomic E-state index is 0.449. The highest BCUT2D eigenvalue weighted by Gasteiger charge is 2.09. The van der Waals surface area contributed by atoms with Gasteiger partial charge in [-0.05, 0) is 42.2 Å². The van der Waals surface area contributed by atoms with E-state index in [0.717, 1.165) is 22.6 Å². The van der Waals surface area contributed by atoms with Crippen molar-refractivity contribution in [3.05, 3.63) is 59.7 Å². The van der Waals surface area contributed by atoms with E-state index >= 15 is 0 Å². The summed E-state index contributed by atoms with van der Waals surface area (Å²) in [6.45, 7) is 0.534. The Bertz CT molecular complexity index is 745. The Morgan fingerprint density at radius 3 is 2.07 bits per heavy atom. The van der Waals surface area contributed by atoms with E-state index in [0.29, 0.717) is 12.6 Å². The fourth-order valence-corrected chi connectivity index (χ4v) is 4.10. The Morgan fingerprint density at radius 2 is 1.43 bits per heavy atom. The van der Waals surface area contributed by atoms with Gasteiger partial charge in [-0.3, -0.25) is 4.99 Å². The van der Waals surface area contributed by atoms with Crippen molar-refractivity contribution in [2.45, 2.75) is 83.3 Å². The highest BCUT2D eigenvalue weighted by Crippen LogP contribution is 2.28. The average Bonchev–Trinajstić information content (AvgIpc) is 2.78. The maximum atomic E-state index is 5.97. The molecule has 0 aliphatic heterocycles. The molecule has 1 aliphatic rings. The zero-order valence-corrected chi connectivity index (χ0v) is 18.5. The van der Waals surface area contributed by atoms with Gasteiger partial charge in [0.1, 0.15) is 6.61 Å². The van der Waals surface area contributed by atoms with Crippen LogP contribution in [-0.2, 0) is 6.61 Å². The van der Waals surface area contributed by atoms with Gasteiger partial charge in [0.25, 0.3) is 0 Å². The Kier molecular flexibility index (Phi) is 9.78. The second-order valence-electron chi connectivity index (χ2n) is 8.38. The lowest BCUT2D eigenvalue weighted by molar-refractivity contribution is 0.284. The fraction of sp³-hybridized carbons (Fsp3) is 0.519. The third kappa shape index (κ3) is 7.85. The molecule has 1 saturated carbocycles. The lowest BCUT2D eigenvalue weighted by Crippen LogP contribution is -2.06. The highest BCUT2D eigenvalue weighted by molar-refractivity contribution is 5.81. The van der Waals surface area contributed by atoms with Gasteiger partial charge in [0.05, 0.1) is 7.11 Å². The van der Waals surface area contributed by atoms with Crippen LogP contribution in [0.3, 0.4) is 0 Å². The van der Waals surface area contributed by atoms with Crippen LogP contribution < -0.4 is 9.47 Å². The lowest BCUT2D eigenvalue weighted by atomic mass is 9.98. The SMILES string of the molecule is COc1cc(C=NC2CCCCCCCCCCC2)ccc1OCc1ccccc1. The molecule has 2 aromatic carbocycles. The number of hydrogen-bond donors (Lipinski definition) is 0. The molecule has 1 aliphatic carbocycles. The number of aliphatic imine (C=N–C) groups is 1. The quantitative estimate of drug-likeness (QED) is 0.468. The van der Waals surface area contributed by atoms with Gasteiger partial charge in [0, 0.05) is 12.3 Å². The van der Waals surface area contributed by atoms with Crippen LogP contribution in [-0.4, -0.2) is 19.4 Å². The zero-order valence-electron chi connectivity index (χ0n) is 18.5. The molecule has 3 nitrogen and oxygen atoms in total. The molecule has 0 heterocycles. The normalized spacial score (nSPS) is 17.2. The molecule has 2 aromatic rings. The van der Waals surface area contributed by atoms with Crippen molar-refractivity contribution >= 4 is 6.21 Å². The monoisotopic (exact) mass is 407 g/mol. The number of methoxy groups -OCH3 is 1. The summed E-state index contributed by atoms with van der Waals surface area (Å²) < 4.78 is 11.5. The van der Waals surface area contributed by atoms with E-state index in [2.05, 4.69) is 18.2 Å². The molecule has 0 amide bonds. The van der Waals surface area contributed by atoms with Crippen LogP contribution in [0.15, 0.2) is 53.5 Å². The molecular formula is C27H37NO2. The summed E-state index contributed by atoms with van der Waals surface area (Å²) in [5, 5.41) is 0. The van der Waals surface area contributed by atoms with E-state index in [1.54, 1.807) is 7.11 Å². The van der Waals surface area contributed by atoms with Crippen molar-refractivity contribution < 1.29 is 9.47 Å². The van der Waals surface area contributed by atoms with Gasteiger partial charge in [0.2, 0.25) is 0 Å². The van der Waals surface area contributed by atoms with Gasteiger partial charge >= 0.3 is 0 Å². The summed E-state index contributed by atoms with van der Waals surface area (Å²) in [7, 11) is 1.69. The van der Waals surface area contributed by atoms with Crippen LogP contribution in [0.5, 0.6) is 11.5 Å². The Morgan fingerprint density at radius 1 is 0.800 bits per heavy atom. The van der Waals surface area contributed by atoms with Gasteiger partial charge in [-0.15, -0.1) is 0 Å². The fourth-order valence-electron chi connectivity index (χ4n) is 4.10. The second kappa shape index (κ2) is 13.1. The summed E-state index contributed by atoms with van der Waals surface area (Å²) >= 11 is 0. The lowest BCUT2D eigenvalue weighted by Gasteiger charge is -2.14. The van der Waals surface area contributed by atoms with E-state index < -0.39 is 0 Å². The van der Waals surface area contributed by atoms with Crippen LogP contribution in [0.1, 0.15) is 81.8 Å². The molecule has 0 N–H and O–H groups in total. The second-order valence-corrected chi connectivity index (χ2v) is 8.38. The van der Waals surface area contributed by atoms with Gasteiger partial charge in [-0.1, -0.05) is 88.1 Å². The van der Waals surface area contributed by atoms with Gasteiger partial charge in [0.15, 0.2) is 11.5 Å². The molecule has 0 saturated heterocycles. The van der Waals surface area contributed by atoms with E-state index in [4.69, 9.17) is 14.5 Å². The van der Waals surface area contributed by atoms with Crippen molar-refractivity contribution in [2.24, 2.45) is 4.99 Å². The summed E-state index contributed by atoms with van der Waals surface area (Å²) in [5.74, 6) is 1.53. The van der Waals surface area contributed by atoms with E-state index in [-0.39, 0.29) is 0 Å². The van der Waals surface area contributed by atoms with Crippen LogP contribution in [0.2, 0.25) is 0 Å². The minimum Gasteiger partial charge on any atom is -0.493 e. The Hall–Kier alpha value is -2.29. The van der Waals surface area contributed by atoms with E-state index in [9.17, 15) is 0 Å². The van der Waals surface area contributed by atoms with E-state index in [1.807, 2.05) is 36.5 Å². The molecule has 30 heavy (non-hydrogen) atoms. The average molecular weight is 408 g/mol. The van der Waals surface area contributed by atoms with Crippen molar-refractivity contribution in [3.63, 3.8) is 0 Å². The molecule has 0 atom stereocenters. The summed E-state index contributed by atoms with van der Waals surface area (Å²) in [6.07, 6.45) is 16.8. The predicted molar refractivity (Wildman–Crippen MR) is 126 cm³/mol. The van der Waals surface area contributed by atoms with Crippen molar-refractivity contribution in [1.82, 2.24) is 0 Å². The van der Waals surface area contributed by atoms with Crippen LogP contribution >= 0.6 is 0 Å². The van der Waals surface area contributed by atoms with Gasteiger partial charge in [-0.2, -0.15) is 0 Å². The Labute approximate surface area is 182 Å². The number of benzene rings is 2. The molecule has 0 radical (unpaired) electrons. The zero-order chi connectivity index (χ0) is 20.9. The third-order valence-electron chi connectivity index (χ3n) is 5.93. The predicted octanol–water partition coefficient (Wildman–Crippen LogP) is 7.37. The van der Waals surface area contributed by atoms with Gasteiger partial charge < -0.3 is 9.47 Å². The Balaban J connectivity index is 1.58. The largest absolute Gasteiger partial charge is 0.493 e. The summed E-state index contributed by atoms with van der Waals surface area (Å²) in [4.78, 5) is 4.96.